The smallest absolute Gasteiger partial charge is 0.257 e. The number of phenolic OH excluding ortho intramolecular Hbond substituents is 1. The van der Waals surface area contributed by atoms with Crippen LogP contribution in [0.2, 0.25) is 0 Å². The number of aromatic hydroxyl groups is 1. The molecule has 0 aliphatic rings. The summed E-state index contributed by atoms with van der Waals surface area (Å²) in [5.41, 5.74) is -1.91. The molecule has 0 bridgehead atoms. The van der Waals surface area contributed by atoms with E-state index in [0.717, 1.165) is 5.56 Å². The van der Waals surface area contributed by atoms with Gasteiger partial charge in [-0.1, -0.05) is 36.4 Å². The molecule has 4 N–H and O–H groups in total. The number of carbonyl (C=O) groups excluding carboxylic acids is 2. The Bertz CT molecular complexity index is 1290. The second-order valence-corrected chi connectivity index (χ2v) is 8.79. The first-order valence-electron chi connectivity index (χ1n) is 10.7. The Hall–Kier alpha value is -4.14. The molecule has 9 nitrogen and oxygen atoms in total. The average molecular weight is 465 g/mol. The maximum absolute atomic E-state index is 12.9. The van der Waals surface area contributed by atoms with Crippen LogP contribution in [0.25, 0.3) is 0 Å². The number of carbonyl (C=O) groups is 2. The number of nitrogens with zero attached hydrogens (tertiary/aromatic N) is 1. The zero-order valence-electron chi connectivity index (χ0n) is 19.7. The highest BCUT2D eigenvalue weighted by atomic mass is 16.3. The standard InChI is InChI=1S/C25H28N4O5/c1-14(15-10-7-6-8-11-15)26-24(34)25(2,3)28-19-18(21(31)22(19)32)27-17-13-9-12-16(20(17)30)23(33)29(4)5/h6-14,27-28,30H,1-5H3,(H,26,34)/t14-/m1/s1. The third kappa shape index (κ3) is 4.78. The summed E-state index contributed by atoms with van der Waals surface area (Å²) < 4.78 is 0. The van der Waals surface area contributed by atoms with Crippen molar-refractivity contribution >= 4 is 28.9 Å². The van der Waals surface area contributed by atoms with Crippen LogP contribution in [0.4, 0.5) is 17.1 Å². The fourth-order valence-electron chi connectivity index (χ4n) is 3.39. The van der Waals surface area contributed by atoms with Crippen molar-refractivity contribution in [1.29, 1.82) is 0 Å². The van der Waals surface area contributed by atoms with E-state index in [2.05, 4.69) is 16.0 Å². The van der Waals surface area contributed by atoms with Gasteiger partial charge in [0.15, 0.2) is 5.75 Å². The number of amides is 2. The summed E-state index contributed by atoms with van der Waals surface area (Å²) in [6, 6.07) is 13.6. The highest BCUT2D eigenvalue weighted by Gasteiger charge is 2.33. The molecule has 0 aliphatic heterocycles. The van der Waals surface area contributed by atoms with E-state index in [-0.39, 0.29) is 40.3 Å². The van der Waals surface area contributed by atoms with Gasteiger partial charge in [-0.15, -0.1) is 0 Å². The first kappa shape index (κ1) is 24.5. The van der Waals surface area contributed by atoms with Crippen LogP contribution in [0.15, 0.2) is 58.1 Å². The fourth-order valence-corrected chi connectivity index (χ4v) is 3.39. The highest BCUT2D eigenvalue weighted by molar-refractivity contribution is 5.99. The summed E-state index contributed by atoms with van der Waals surface area (Å²) in [5.74, 6) is -1.15. The normalized spacial score (nSPS) is 12.1. The number of rotatable bonds is 8. The summed E-state index contributed by atoms with van der Waals surface area (Å²) in [7, 11) is 3.10. The van der Waals surface area contributed by atoms with Crippen molar-refractivity contribution in [2.75, 3.05) is 24.7 Å². The molecule has 0 saturated carbocycles. The molecule has 3 rings (SSSR count). The minimum absolute atomic E-state index is 0.0396. The van der Waals surface area contributed by atoms with Crippen molar-refractivity contribution in [2.24, 2.45) is 0 Å². The lowest BCUT2D eigenvalue weighted by molar-refractivity contribution is -0.125. The minimum Gasteiger partial charge on any atom is -0.505 e. The summed E-state index contributed by atoms with van der Waals surface area (Å²) >= 11 is 0. The molecule has 3 aromatic carbocycles. The lowest BCUT2D eigenvalue weighted by Crippen LogP contribution is -2.51. The van der Waals surface area contributed by atoms with E-state index in [4.69, 9.17) is 0 Å². The Morgan fingerprint density at radius 3 is 2.18 bits per heavy atom. The lowest BCUT2D eigenvalue weighted by Gasteiger charge is -2.29. The zero-order valence-corrected chi connectivity index (χ0v) is 19.7. The number of anilines is 3. The summed E-state index contributed by atoms with van der Waals surface area (Å²) in [6.07, 6.45) is 0. The Morgan fingerprint density at radius 1 is 0.941 bits per heavy atom. The summed E-state index contributed by atoms with van der Waals surface area (Å²) in [6.45, 7) is 5.03. The number of phenols is 1. The molecular formula is C25H28N4O5. The molecule has 3 aromatic rings. The van der Waals surface area contributed by atoms with E-state index < -0.39 is 22.3 Å². The van der Waals surface area contributed by atoms with Crippen molar-refractivity contribution in [2.45, 2.75) is 32.4 Å². The molecule has 9 heteroatoms. The number of nitrogens with one attached hydrogen (secondary N) is 3. The Kier molecular flexibility index (Phi) is 6.76. The maximum atomic E-state index is 12.9. The molecule has 0 fully saturated rings. The molecule has 1 atom stereocenters. The first-order chi connectivity index (χ1) is 15.9. The predicted octanol–water partition coefficient (Wildman–Crippen LogP) is 2.50. The van der Waals surface area contributed by atoms with Crippen LogP contribution in [0.3, 0.4) is 0 Å². The van der Waals surface area contributed by atoms with Crippen LogP contribution in [-0.2, 0) is 4.79 Å². The zero-order chi connectivity index (χ0) is 25.2. The van der Waals surface area contributed by atoms with Crippen LogP contribution in [-0.4, -0.2) is 41.5 Å². The van der Waals surface area contributed by atoms with Gasteiger partial charge in [0.2, 0.25) is 5.91 Å². The van der Waals surface area contributed by atoms with Gasteiger partial charge in [-0.2, -0.15) is 0 Å². The lowest BCUT2D eigenvalue weighted by atomic mass is 10.00. The summed E-state index contributed by atoms with van der Waals surface area (Å²) in [5, 5.41) is 19.0. The van der Waals surface area contributed by atoms with Gasteiger partial charge in [-0.25, -0.2) is 0 Å². The Balaban J connectivity index is 1.81. The molecule has 2 amide bonds. The van der Waals surface area contributed by atoms with Gasteiger partial charge in [-0.3, -0.25) is 19.2 Å². The van der Waals surface area contributed by atoms with Gasteiger partial charge >= 0.3 is 0 Å². The molecule has 34 heavy (non-hydrogen) atoms. The second-order valence-electron chi connectivity index (χ2n) is 8.79. The summed E-state index contributed by atoms with van der Waals surface area (Å²) in [4.78, 5) is 51.1. The van der Waals surface area contributed by atoms with E-state index in [9.17, 15) is 24.3 Å². The van der Waals surface area contributed by atoms with E-state index >= 15 is 0 Å². The maximum Gasteiger partial charge on any atom is 0.257 e. The van der Waals surface area contributed by atoms with E-state index in [1.807, 2.05) is 37.3 Å². The van der Waals surface area contributed by atoms with Gasteiger partial charge in [0.1, 0.15) is 16.9 Å². The fraction of sp³-hybridized carbons (Fsp3) is 0.280. The van der Waals surface area contributed by atoms with Gasteiger partial charge in [0.05, 0.1) is 17.3 Å². The largest absolute Gasteiger partial charge is 0.505 e. The molecule has 178 valence electrons. The molecule has 0 radical (unpaired) electrons. The topological polar surface area (TPSA) is 128 Å². The van der Waals surface area contributed by atoms with Crippen molar-refractivity contribution in [3.8, 4) is 5.75 Å². The third-order valence-corrected chi connectivity index (χ3v) is 5.49. The third-order valence-electron chi connectivity index (χ3n) is 5.49. The van der Waals surface area contributed by atoms with Crippen LogP contribution in [0, 0.1) is 0 Å². The van der Waals surface area contributed by atoms with Gasteiger partial charge in [-0.05, 0) is 38.5 Å². The first-order valence-corrected chi connectivity index (χ1v) is 10.7. The van der Waals surface area contributed by atoms with Crippen molar-refractivity contribution < 1.29 is 14.7 Å². The monoisotopic (exact) mass is 464 g/mol. The Labute approximate surface area is 197 Å². The molecule has 0 heterocycles. The van der Waals surface area contributed by atoms with E-state index in [0.29, 0.717) is 0 Å². The van der Waals surface area contributed by atoms with Crippen molar-refractivity contribution in [3.63, 3.8) is 0 Å². The predicted molar refractivity (Wildman–Crippen MR) is 131 cm³/mol. The highest BCUT2D eigenvalue weighted by Crippen LogP contribution is 2.32. The van der Waals surface area contributed by atoms with E-state index in [1.165, 1.54) is 17.0 Å². The molecule has 0 spiro atoms. The van der Waals surface area contributed by atoms with Gasteiger partial charge in [0.25, 0.3) is 16.8 Å². The van der Waals surface area contributed by atoms with Crippen LogP contribution >= 0.6 is 0 Å². The van der Waals surface area contributed by atoms with Gasteiger partial charge in [0, 0.05) is 14.1 Å². The molecular weight excluding hydrogens is 436 g/mol. The van der Waals surface area contributed by atoms with Crippen molar-refractivity contribution in [1.82, 2.24) is 10.2 Å². The Morgan fingerprint density at radius 2 is 1.56 bits per heavy atom. The van der Waals surface area contributed by atoms with Gasteiger partial charge < -0.3 is 26.0 Å². The molecule has 0 aliphatic carbocycles. The SMILES string of the molecule is C[C@@H](NC(=O)C(C)(C)Nc1c(Nc2cccc(C(=O)N(C)C)c2O)c(=O)c1=O)c1ccccc1. The molecule has 0 saturated heterocycles. The molecule has 0 unspecified atom stereocenters. The van der Waals surface area contributed by atoms with Crippen molar-refractivity contribution in [3.05, 3.63) is 80.1 Å². The number of para-hydroxylation sites is 1. The number of hydrogen-bond donors (Lipinski definition) is 4. The number of benzene rings is 2. The quantitative estimate of drug-likeness (QED) is 0.298. The van der Waals surface area contributed by atoms with Crippen LogP contribution in [0.5, 0.6) is 5.75 Å². The average Bonchev–Trinajstić information content (AvgIpc) is 2.81. The van der Waals surface area contributed by atoms with E-state index in [1.54, 1.807) is 34.0 Å². The minimum atomic E-state index is -1.23. The van der Waals surface area contributed by atoms with Crippen LogP contribution < -0.4 is 26.8 Å². The molecule has 0 aromatic heterocycles. The number of hydrogen-bond acceptors (Lipinski definition) is 7. The second kappa shape index (κ2) is 9.38. The van der Waals surface area contributed by atoms with Crippen LogP contribution in [0.1, 0.15) is 42.7 Å².